The van der Waals surface area contributed by atoms with E-state index in [1.165, 1.54) is 6.92 Å². The van der Waals surface area contributed by atoms with Crippen LogP contribution in [-0.4, -0.2) is 17.9 Å². The molecule has 0 heterocycles. The van der Waals surface area contributed by atoms with Crippen molar-refractivity contribution in [3.8, 4) is 0 Å². The summed E-state index contributed by atoms with van der Waals surface area (Å²) in [7, 11) is 0. The number of nitrogens with one attached hydrogen (secondary N) is 1. The average Bonchev–Trinajstić information content (AvgIpc) is 1.86. The third kappa shape index (κ3) is 5.67. The maximum atomic E-state index is 10.4. The van der Waals surface area contributed by atoms with E-state index in [1.807, 2.05) is 6.92 Å². The van der Waals surface area contributed by atoms with Gasteiger partial charge < -0.3 is 21.4 Å². The fraction of sp³-hybridized carbons (Fsp3) is 0.714. The van der Waals surface area contributed by atoms with Gasteiger partial charge in [-0.3, -0.25) is 4.79 Å². The molecule has 5 heteroatoms. The minimum absolute atomic E-state index is 0. The Morgan fingerprint density at radius 2 is 2.00 bits per heavy atom. The van der Waals surface area contributed by atoms with E-state index >= 15 is 0 Å². The van der Waals surface area contributed by atoms with Crippen LogP contribution in [0.15, 0.2) is 0 Å². The predicted octanol–water partition coefficient (Wildman–Crippen LogP) is -0.583. The van der Waals surface area contributed by atoms with E-state index in [2.05, 4.69) is 5.32 Å². The van der Waals surface area contributed by atoms with E-state index in [-0.39, 0.29) is 12.1 Å². The fourth-order valence-electron chi connectivity index (χ4n) is 0.783. The summed E-state index contributed by atoms with van der Waals surface area (Å²) in [4.78, 5) is 20.7. The molecule has 0 aromatic rings. The molecule has 1 amide bonds. The van der Waals surface area contributed by atoms with Crippen LogP contribution in [0.2, 0.25) is 0 Å². The van der Waals surface area contributed by atoms with Crippen molar-refractivity contribution in [3.05, 3.63) is 0 Å². The Balaban J connectivity index is 0. The standard InChI is InChI=1S/C7H13NO3.H3N/c1-3-4-6(7(10)11)8-5(2)9;/h6H,3-4H2,1-2H3,(H,8,9)(H,10,11);1H3/t6-;/m0./s1. The van der Waals surface area contributed by atoms with Crippen molar-refractivity contribution in [2.45, 2.75) is 32.7 Å². The zero-order valence-corrected chi connectivity index (χ0v) is 7.72. The molecule has 12 heavy (non-hydrogen) atoms. The molecule has 72 valence electrons. The van der Waals surface area contributed by atoms with Crippen LogP contribution in [0, 0.1) is 0 Å². The Morgan fingerprint density at radius 3 is 2.25 bits per heavy atom. The first-order chi connectivity index (χ1) is 5.07. The average molecular weight is 176 g/mol. The predicted molar refractivity (Wildman–Crippen MR) is 43.5 cm³/mol. The van der Waals surface area contributed by atoms with E-state index in [0.29, 0.717) is 12.8 Å². The van der Waals surface area contributed by atoms with Crippen LogP contribution in [0.3, 0.4) is 0 Å². The second-order valence-corrected chi connectivity index (χ2v) is 2.36. The summed E-state index contributed by atoms with van der Waals surface area (Å²) in [5.41, 5.74) is 0. The smallest absolute Gasteiger partial charge is 0.217 e. The molecule has 0 bridgehead atoms. The van der Waals surface area contributed by atoms with Gasteiger partial charge in [-0.15, -0.1) is 0 Å². The Kier molecular flexibility index (Phi) is 7.42. The van der Waals surface area contributed by atoms with Gasteiger partial charge in [0.25, 0.3) is 0 Å². The zero-order valence-electron chi connectivity index (χ0n) is 7.72. The van der Waals surface area contributed by atoms with Crippen LogP contribution in [0.25, 0.3) is 0 Å². The van der Waals surface area contributed by atoms with Crippen LogP contribution < -0.4 is 16.6 Å². The Hall–Kier alpha value is -1.10. The number of aliphatic carboxylic acids is 1. The minimum atomic E-state index is -1.22. The van der Waals surface area contributed by atoms with Crippen molar-refractivity contribution >= 4 is 11.9 Å². The molecule has 1 atom stereocenters. The van der Waals surface area contributed by atoms with Gasteiger partial charge in [0.2, 0.25) is 5.91 Å². The number of rotatable bonds is 4. The lowest BCUT2D eigenvalue weighted by atomic mass is 10.2. The summed E-state index contributed by atoms with van der Waals surface area (Å²) < 4.78 is 0. The lowest BCUT2D eigenvalue weighted by Gasteiger charge is -2.17. The van der Waals surface area contributed by atoms with Gasteiger partial charge in [-0.25, -0.2) is 0 Å². The topological polar surface area (TPSA) is 106 Å². The summed E-state index contributed by atoms with van der Waals surface area (Å²) in [6.45, 7) is 3.13. The number of quaternary nitrogens is 1. The van der Waals surface area contributed by atoms with Gasteiger partial charge in [0, 0.05) is 6.92 Å². The molecule has 0 spiro atoms. The Labute approximate surface area is 71.7 Å². The first-order valence-corrected chi connectivity index (χ1v) is 3.56. The van der Waals surface area contributed by atoms with Gasteiger partial charge in [-0.1, -0.05) is 13.3 Å². The van der Waals surface area contributed by atoms with Gasteiger partial charge in [0.1, 0.15) is 0 Å². The van der Waals surface area contributed by atoms with Crippen molar-refractivity contribution in [1.82, 2.24) is 11.5 Å². The van der Waals surface area contributed by atoms with Gasteiger partial charge in [-0.2, -0.15) is 0 Å². The van der Waals surface area contributed by atoms with Crippen LogP contribution >= 0.6 is 0 Å². The van der Waals surface area contributed by atoms with E-state index < -0.39 is 12.0 Å². The highest BCUT2D eigenvalue weighted by Gasteiger charge is 2.08. The van der Waals surface area contributed by atoms with Crippen LogP contribution in [-0.2, 0) is 9.59 Å². The summed E-state index contributed by atoms with van der Waals surface area (Å²) >= 11 is 0. The van der Waals surface area contributed by atoms with Crippen LogP contribution in [0.5, 0.6) is 0 Å². The second kappa shape index (κ2) is 6.60. The van der Waals surface area contributed by atoms with Gasteiger partial charge >= 0.3 is 0 Å². The molecule has 0 aliphatic rings. The molecule has 5 nitrogen and oxygen atoms in total. The summed E-state index contributed by atoms with van der Waals surface area (Å²) in [6.07, 6.45) is 1.13. The molecule has 0 unspecified atom stereocenters. The number of carbonyl (C=O) groups excluding carboxylic acids is 2. The molecule has 0 rings (SSSR count). The summed E-state index contributed by atoms with van der Waals surface area (Å²) in [6, 6.07) is -0.836. The lowest BCUT2D eigenvalue weighted by Crippen LogP contribution is -2.47. The SMILES string of the molecule is CCC[C@H](NC(C)=O)C(=O)[O-].[NH4+]. The van der Waals surface area contributed by atoms with Crippen molar-refractivity contribution in [3.63, 3.8) is 0 Å². The lowest BCUT2D eigenvalue weighted by molar-refractivity contribution is -0.308. The largest absolute Gasteiger partial charge is 0.548 e. The number of hydrogen-bond acceptors (Lipinski definition) is 3. The third-order valence-corrected chi connectivity index (χ3v) is 1.24. The van der Waals surface area contributed by atoms with Crippen molar-refractivity contribution in [1.29, 1.82) is 0 Å². The molecule has 0 saturated heterocycles. The number of carboxylic acid groups (broad SMARTS) is 1. The van der Waals surface area contributed by atoms with Gasteiger partial charge in [0.15, 0.2) is 0 Å². The monoisotopic (exact) mass is 176 g/mol. The maximum Gasteiger partial charge on any atom is 0.217 e. The number of hydrogen-bond donors (Lipinski definition) is 2. The molecular weight excluding hydrogens is 160 g/mol. The molecule has 0 aliphatic carbocycles. The highest BCUT2D eigenvalue weighted by atomic mass is 16.4. The van der Waals surface area contributed by atoms with E-state index in [9.17, 15) is 14.7 Å². The highest BCUT2D eigenvalue weighted by molar-refractivity contribution is 5.80. The molecule has 0 aromatic carbocycles. The highest BCUT2D eigenvalue weighted by Crippen LogP contribution is 1.94. The normalized spacial score (nSPS) is 11.2. The van der Waals surface area contributed by atoms with Crippen LogP contribution in [0.1, 0.15) is 26.7 Å². The molecule has 5 N–H and O–H groups in total. The first kappa shape index (κ1) is 13.5. The van der Waals surface area contributed by atoms with Crippen molar-refractivity contribution in [2.24, 2.45) is 0 Å². The number of amides is 1. The van der Waals surface area contributed by atoms with Crippen LogP contribution in [0.4, 0.5) is 0 Å². The Morgan fingerprint density at radius 1 is 1.50 bits per heavy atom. The molecule has 0 radical (unpaired) electrons. The van der Waals surface area contributed by atoms with E-state index in [1.54, 1.807) is 0 Å². The number of carbonyl (C=O) groups is 2. The molecule has 0 aromatic heterocycles. The maximum absolute atomic E-state index is 10.4. The summed E-state index contributed by atoms with van der Waals surface area (Å²) in [5.74, 6) is -1.56. The van der Waals surface area contributed by atoms with Gasteiger partial charge in [0.05, 0.1) is 12.0 Å². The first-order valence-electron chi connectivity index (χ1n) is 3.56. The van der Waals surface area contributed by atoms with Crippen molar-refractivity contribution < 1.29 is 14.7 Å². The molecule has 0 fully saturated rings. The molecule has 0 aliphatic heterocycles. The number of carboxylic acids is 1. The second-order valence-electron chi connectivity index (χ2n) is 2.36. The van der Waals surface area contributed by atoms with E-state index in [4.69, 9.17) is 0 Å². The quantitative estimate of drug-likeness (QED) is 0.598. The summed E-state index contributed by atoms with van der Waals surface area (Å²) in [5, 5.41) is 12.6. The van der Waals surface area contributed by atoms with E-state index in [0.717, 1.165) is 0 Å². The zero-order chi connectivity index (χ0) is 8.85. The molecule has 0 saturated carbocycles. The Bertz CT molecular complexity index is 159. The fourth-order valence-corrected chi connectivity index (χ4v) is 0.783. The third-order valence-electron chi connectivity index (χ3n) is 1.24. The van der Waals surface area contributed by atoms with Gasteiger partial charge in [-0.05, 0) is 6.42 Å². The van der Waals surface area contributed by atoms with Crippen molar-refractivity contribution in [2.75, 3.05) is 0 Å². The minimum Gasteiger partial charge on any atom is -0.548 e. The molecular formula is C7H16N2O3.